The number of nitro groups is 1. The third kappa shape index (κ3) is 31.9. The van der Waals surface area contributed by atoms with Crippen LogP contribution in [0, 0.1) is 10.1 Å². The van der Waals surface area contributed by atoms with Crippen LogP contribution in [0.1, 0.15) is 90.5 Å². The van der Waals surface area contributed by atoms with Gasteiger partial charge in [0.25, 0.3) is 5.69 Å². The normalized spacial score (nSPS) is 12.0. The number of hydrogen-bond acceptors (Lipinski definition) is 14. The Hall–Kier alpha value is -4.28. The van der Waals surface area contributed by atoms with E-state index in [0.717, 1.165) is 40.8 Å². The van der Waals surface area contributed by atoms with Crippen molar-refractivity contribution in [1.82, 2.24) is 5.32 Å². The van der Waals surface area contributed by atoms with Crippen LogP contribution >= 0.6 is 94.2 Å². The predicted molar refractivity (Wildman–Crippen MR) is 305 cm³/mol. The first-order valence-corrected chi connectivity index (χ1v) is 25.5. The van der Waals surface area contributed by atoms with E-state index in [2.05, 4.69) is 73.4 Å². The minimum absolute atomic E-state index is 0. The second kappa shape index (κ2) is 31.6. The van der Waals surface area contributed by atoms with Crippen molar-refractivity contribution >= 4 is 147 Å². The Bertz CT molecular complexity index is 2430. The molecule has 1 aliphatic heterocycles. The minimum atomic E-state index is -1.06. The second-order valence-corrected chi connectivity index (χ2v) is 23.2. The lowest BCUT2D eigenvalue weighted by molar-refractivity contribution is -0.384. The molecule has 406 valence electrons. The fourth-order valence-electron chi connectivity index (χ4n) is 4.90. The molecular weight excluding hydrogens is 1230 g/mol. The van der Waals surface area contributed by atoms with Crippen molar-refractivity contribution < 1.29 is 47.8 Å². The molecule has 1 saturated heterocycles. The van der Waals surface area contributed by atoms with Gasteiger partial charge in [-0.3, -0.25) is 20.7 Å². The van der Waals surface area contributed by atoms with Crippen LogP contribution in [0.4, 0.5) is 47.6 Å². The maximum absolute atomic E-state index is 11.9. The Kier molecular flexibility index (Phi) is 29.7. The molecule has 0 bridgehead atoms. The molecule has 0 unspecified atom stereocenters. The van der Waals surface area contributed by atoms with E-state index in [9.17, 15) is 29.3 Å². The molecular formula is C49H65Br3Cl4N6O11. The van der Waals surface area contributed by atoms with Gasteiger partial charge in [0, 0.05) is 51.4 Å². The molecule has 73 heavy (non-hydrogen) atoms. The van der Waals surface area contributed by atoms with E-state index in [1.54, 1.807) is 105 Å². The molecule has 2 amide bonds. The summed E-state index contributed by atoms with van der Waals surface area (Å²) in [5.74, 6) is 0. The molecule has 4 aromatic carbocycles. The predicted octanol–water partition coefficient (Wildman–Crippen LogP) is 16.8. The van der Waals surface area contributed by atoms with E-state index >= 15 is 0 Å². The molecule has 0 spiro atoms. The van der Waals surface area contributed by atoms with Gasteiger partial charge in [0.2, 0.25) is 0 Å². The number of benzene rings is 4. The Morgan fingerprint density at radius 3 is 1.34 bits per heavy atom. The van der Waals surface area contributed by atoms with E-state index in [1.165, 1.54) is 12.1 Å². The molecule has 0 saturated carbocycles. The standard InChI is InChI=1S/C15H22ClN3O2.C11H13BrClNO2.C10H18O5.C6H3BrClNO2.C6H5BrClN.CH4/c1-15(2,3)21-14(20)18-13-10-11(4-5-12(13)16)19-8-6-17-7-9-19;1-11(2,3)16-10(15)14-9-6-7(12)4-5-8(9)13;1-9(2,3)14-7(11)13-8(12)15-10(4,5)6;7-4-1-2-5(8)6(3-4)9(10)11;7-4-1-2-5(8)6(9)3-4;/h4-5,10,17H,6-9H2,1-3H3,(H,18,20);4-6H,1-3H3,(H,14,15);1-6H3;1-3H;1-3H,9H2;1H4. The quantitative estimate of drug-likeness (QED) is 0.0373. The largest absolute Gasteiger partial charge is 0.519 e. The van der Waals surface area contributed by atoms with Crippen molar-refractivity contribution in [2.24, 2.45) is 0 Å². The molecule has 0 atom stereocenters. The summed E-state index contributed by atoms with van der Waals surface area (Å²) in [6.45, 7) is 24.7. The van der Waals surface area contributed by atoms with Gasteiger partial charge in [-0.1, -0.05) is 102 Å². The van der Waals surface area contributed by atoms with Gasteiger partial charge in [-0.2, -0.15) is 0 Å². The number of piperazine rings is 1. The van der Waals surface area contributed by atoms with Crippen LogP contribution in [0.15, 0.2) is 86.2 Å². The van der Waals surface area contributed by atoms with Crippen molar-refractivity contribution in [3.63, 3.8) is 0 Å². The molecule has 4 aromatic rings. The van der Waals surface area contributed by atoms with E-state index in [0.29, 0.717) is 36.6 Å². The fourth-order valence-corrected chi connectivity index (χ4v) is 6.62. The Balaban J connectivity index is 0.000000910. The van der Waals surface area contributed by atoms with Crippen LogP contribution in [0.3, 0.4) is 0 Å². The summed E-state index contributed by atoms with van der Waals surface area (Å²) in [7, 11) is 0. The summed E-state index contributed by atoms with van der Waals surface area (Å²) in [5.41, 5.74) is 5.67. The molecule has 0 aromatic heterocycles. The number of carbonyl (C=O) groups is 4. The number of ether oxygens (including phenoxy) is 5. The zero-order chi connectivity index (χ0) is 55.4. The maximum atomic E-state index is 11.9. The van der Waals surface area contributed by atoms with E-state index < -0.39 is 51.8 Å². The van der Waals surface area contributed by atoms with Crippen molar-refractivity contribution in [2.45, 2.75) is 113 Å². The monoisotopic (exact) mass is 1290 g/mol. The van der Waals surface area contributed by atoms with Gasteiger partial charge < -0.3 is 39.6 Å². The third-order valence-electron chi connectivity index (χ3n) is 7.64. The number of carbonyl (C=O) groups excluding carboxylic acids is 4. The second-order valence-electron chi connectivity index (χ2n) is 18.8. The Morgan fingerprint density at radius 1 is 0.589 bits per heavy atom. The van der Waals surface area contributed by atoms with Crippen molar-refractivity contribution in [2.75, 3.05) is 47.4 Å². The lowest BCUT2D eigenvalue weighted by Gasteiger charge is -2.30. The van der Waals surface area contributed by atoms with Crippen LogP contribution in [0.25, 0.3) is 0 Å². The molecule has 0 aliphatic carbocycles. The zero-order valence-corrected chi connectivity index (χ0v) is 49.6. The smallest absolute Gasteiger partial charge is 0.444 e. The molecule has 24 heteroatoms. The molecule has 0 radical (unpaired) electrons. The van der Waals surface area contributed by atoms with Crippen LogP contribution in [0.5, 0.6) is 0 Å². The van der Waals surface area contributed by atoms with Crippen molar-refractivity contribution in [3.8, 4) is 0 Å². The van der Waals surface area contributed by atoms with Crippen molar-refractivity contribution in [1.29, 1.82) is 0 Å². The molecule has 1 heterocycles. The molecule has 5 rings (SSSR count). The number of amides is 2. The summed E-state index contributed by atoms with van der Waals surface area (Å²) < 4.78 is 26.6. The molecule has 1 fully saturated rings. The number of nitrogens with zero attached hydrogens (tertiary/aromatic N) is 2. The van der Waals surface area contributed by atoms with Gasteiger partial charge in [-0.25, -0.2) is 19.2 Å². The highest BCUT2D eigenvalue weighted by molar-refractivity contribution is 9.11. The van der Waals surface area contributed by atoms with Gasteiger partial charge in [0.15, 0.2) is 0 Å². The number of nitrogens with one attached hydrogen (secondary N) is 3. The van der Waals surface area contributed by atoms with E-state index in [4.69, 9.17) is 71.1 Å². The summed E-state index contributed by atoms with van der Waals surface area (Å²) in [5, 5.41) is 20.6. The Labute approximate surface area is 473 Å². The fraction of sp³-hybridized carbons (Fsp3) is 0.429. The van der Waals surface area contributed by atoms with Crippen LogP contribution in [0.2, 0.25) is 20.1 Å². The number of nitrogens with two attached hydrogens (primary N) is 1. The summed E-state index contributed by atoms with van der Waals surface area (Å²) >= 11 is 32.9. The minimum Gasteiger partial charge on any atom is -0.444 e. The summed E-state index contributed by atoms with van der Waals surface area (Å²) in [6.07, 6.45) is -3.14. The van der Waals surface area contributed by atoms with Gasteiger partial charge in [0.1, 0.15) is 27.4 Å². The zero-order valence-electron chi connectivity index (χ0n) is 41.9. The highest BCUT2D eigenvalue weighted by Crippen LogP contribution is 2.30. The Morgan fingerprint density at radius 2 is 0.959 bits per heavy atom. The SMILES string of the molecule is C.CC(C)(C)OC(=O)Nc1cc(Br)ccc1Cl.CC(C)(C)OC(=O)Nc1cc(N2CCNCC2)ccc1Cl.CC(C)(C)OC(=O)OC(=O)OC(C)(C)C.Nc1cc(Br)ccc1Cl.O=[N+]([O-])c1cc(Br)ccc1Cl. The molecule has 17 nitrogen and oxygen atoms in total. The van der Waals surface area contributed by atoms with E-state index in [-0.39, 0.29) is 18.1 Å². The van der Waals surface area contributed by atoms with Crippen molar-refractivity contribution in [3.05, 3.63) is 116 Å². The number of anilines is 4. The number of halogens is 7. The average Bonchev–Trinajstić information content (AvgIpc) is 3.21. The van der Waals surface area contributed by atoms with Crippen LogP contribution in [-0.2, 0) is 23.7 Å². The highest BCUT2D eigenvalue weighted by Gasteiger charge is 2.25. The van der Waals surface area contributed by atoms with Gasteiger partial charge in [-0.15, -0.1) is 0 Å². The number of hydrogen-bond donors (Lipinski definition) is 4. The number of rotatable bonds is 4. The van der Waals surface area contributed by atoms with Gasteiger partial charge in [-0.05, 0) is 150 Å². The number of nitro benzene ring substituents is 1. The lowest BCUT2D eigenvalue weighted by Crippen LogP contribution is -2.43. The average molecular weight is 1300 g/mol. The first kappa shape index (κ1) is 68.7. The third-order valence-corrected chi connectivity index (χ3v) is 10.4. The maximum Gasteiger partial charge on any atom is 0.519 e. The van der Waals surface area contributed by atoms with E-state index in [1.807, 2.05) is 39.0 Å². The topological polar surface area (TPSA) is 223 Å². The number of nitrogen functional groups attached to an aromatic ring is 1. The van der Waals surface area contributed by atoms with Crippen LogP contribution < -0.4 is 26.6 Å². The highest BCUT2D eigenvalue weighted by atomic mass is 79.9. The summed E-state index contributed by atoms with van der Waals surface area (Å²) in [4.78, 5) is 57.4. The first-order valence-electron chi connectivity index (χ1n) is 21.6. The van der Waals surface area contributed by atoms with Gasteiger partial charge >= 0.3 is 24.5 Å². The lowest BCUT2D eigenvalue weighted by atomic mass is 10.2. The van der Waals surface area contributed by atoms with Crippen LogP contribution in [-0.4, -0.2) is 78.0 Å². The van der Waals surface area contributed by atoms with Gasteiger partial charge in [0.05, 0.1) is 37.1 Å². The summed E-state index contributed by atoms with van der Waals surface area (Å²) in [6, 6.07) is 20.7. The molecule has 1 aliphatic rings. The first-order chi connectivity index (χ1) is 32.9. The molecule has 5 N–H and O–H groups in total.